The molecule has 1 N–H and O–H groups in total. The van der Waals surface area contributed by atoms with Crippen LogP contribution in [-0.2, 0) is 9.59 Å². The van der Waals surface area contributed by atoms with E-state index < -0.39 is 5.91 Å². The predicted octanol–water partition coefficient (Wildman–Crippen LogP) is 3.29. The Hall–Kier alpha value is -3.11. The van der Waals surface area contributed by atoms with E-state index in [0.29, 0.717) is 21.3 Å². The number of benzene rings is 1. The molecule has 31 heavy (non-hydrogen) atoms. The van der Waals surface area contributed by atoms with Crippen molar-refractivity contribution in [1.29, 1.82) is 0 Å². The lowest BCUT2D eigenvalue weighted by molar-refractivity contribution is -0.124. The summed E-state index contributed by atoms with van der Waals surface area (Å²) in [5, 5.41) is 4.07. The maximum atomic E-state index is 12.6. The number of hydrogen-bond acceptors (Lipinski definition) is 8. The average Bonchev–Trinajstić information content (AvgIpc) is 3.49. The highest BCUT2D eigenvalue weighted by molar-refractivity contribution is 8.18. The first-order chi connectivity index (χ1) is 15.0. The van der Waals surface area contributed by atoms with Gasteiger partial charge in [-0.3, -0.25) is 24.1 Å². The molecule has 0 atom stereocenters. The quantitative estimate of drug-likeness (QED) is 0.478. The number of nitrogens with one attached hydrogen (secondary N) is 1. The molecule has 10 heteroatoms. The van der Waals surface area contributed by atoms with Gasteiger partial charge in [0.15, 0.2) is 17.3 Å². The van der Waals surface area contributed by atoms with Gasteiger partial charge in [0.1, 0.15) is 0 Å². The van der Waals surface area contributed by atoms with Gasteiger partial charge in [-0.25, -0.2) is 0 Å². The Balaban J connectivity index is 1.26. The number of Topliss-reactive ketones (excluding diaryl/α,β-unsaturated/α-hetero) is 1. The van der Waals surface area contributed by atoms with Gasteiger partial charge in [0.25, 0.3) is 11.1 Å². The molecule has 3 heterocycles. The van der Waals surface area contributed by atoms with Crippen LogP contribution in [0.2, 0.25) is 0 Å². The molecule has 0 aliphatic carbocycles. The number of amides is 3. The number of nitrogens with zero attached hydrogens (tertiary/aromatic N) is 1. The van der Waals surface area contributed by atoms with Gasteiger partial charge in [-0.15, -0.1) is 11.3 Å². The fraction of sp³-hybridized carbons (Fsp3) is 0.238. The second-order valence-electron chi connectivity index (χ2n) is 6.70. The monoisotopic (exact) mass is 458 g/mol. The van der Waals surface area contributed by atoms with E-state index in [4.69, 9.17) is 9.47 Å². The van der Waals surface area contributed by atoms with Crippen LogP contribution in [0.5, 0.6) is 11.5 Å². The van der Waals surface area contributed by atoms with Crippen LogP contribution in [0.25, 0.3) is 6.08 Å². The smallest absolute Gasteiger partial charge is 0.293 e. The SMILES string of the molecule is O=C(CCC(=O)c1cccs1)NCCN1C(=O)S/C(=C\c2ccc3c(c2)OCO3)C1=O. The lowest BCUT2D eigenvalue weighted by atomic mass is 10.2. The third-order valence-corrected chi connectivity index (χ3v) is 6.42. The molecule has 0 radical (unpaired) electrons. The maximum Gasteiger partial charge on any atom is 0.293 e. The zero-order valence-electron chi connectivity index (χ0n) is 16.3. The summed E-state index contributed by atoms with van der Waals surface area (Å²) in [5.41, 5.74) is 0.721. The highest BCUT2D eigenvalue weighted by atomic mass is 32.2. The van der Waals surface area contributed by atoms with E-state index in [2.05, 4.69) is 5.32 Å². The standard InChI is InChI=1S/C21H18N2O6S2/c24-14(17-2-1-9-30-17)4-6-19(25)22-7-8-23-20(26)18(31-21(23)27)11-13-3-5-15-16(10-13)29-12-28-15/h1-3,5,9-11H,4,6-8,12H2,(H,22,25)/b18-11-. The van der Waals surface area contributed by atoms with E-state index in [1.54, 1.807) is 36.4 Å². The van der Waals surface area contributed by atoms with Crippen molar-refractivity contribution in [3.05, 3.63) is 51.1 Å². The summed E-state index contributed by atoms with van der Waals surface area (Å²) < 4.78 is 10.6. The fourth-order valence-corrected chi connectivity index (χ4v) is 4.59. The van der Waals surface area contributed by atoms with Crippen molar-refractivity contribution in [1.82, 2.24) is 10.2 Å². The Bertz CT molecular complexity index is 1060. The largest absolute Gasteiger partial charge is 0.454 e. The summed E-state index contributed by atoms with van der Waals surface area (Å²) in [7, 11) is 0. The minimum atomic E-state index is -0.408. The number of thioether (sulfide) groups is 1. The second-order valence-corrected chi connectivity index (χ2v) is 8.64. The molecule has 3 amide bonds. The molecule has 0 saturated carbocycles. The molecule has 1 aromatic heterocycles. The van der Waals surface area contributed by atoms with E-state index in [1.165, 1.54) is 11.3 Å². The van der Waals surface area contributed by atoms with Crippen molar-refractivity contribution in [3.8, 4) is 11.5 Å². The van der Waals surface area contributed by atoms with Gasteiger partial charge >= 0.3 is 0 Å². The Morgan fingerprint density at radius 1 is 1.13 bits per heavy atom. The van der Waals surface area contributed by atoms with Crippen LogP contribution in [0.3, 0.4) is 0 Å². The topological polar surface area (TPSA) is 102 Å². The maximum absolute atomic E-state index is 12.6. The van der Waals surface area contributed by atoms with Gasteiger partial charge in [-0.05, 0) is 47.0 Å². The van der Waals surface area contributed by atoms with Gasteiger partial charge in [0, 0.05) is 25.9 Å². The number of ether oxygens (including phenoxy) is 2. The number of rotatable bonds is 8. The van der Waals surface area contributed by atoms with E-state index in [9.17, 15) is 19.2 Å². The minimum absolute atomic E-state index is 0.0582. The molecule has 2 aliphatic rings. The van der Waals surface area contributed by atoms with Crippen LogP contribution < -0.4 is 14.8 Å². The zero-order chi connectivity index (χ0) is 21.8. The van der Waals surface area contributed by atoms with Gasteiger partial charge in [0.2, 0.25) is 12.7 Å². The molecule has 4 rings (SSSR count). The van der Waals surface area contributed by atoms with Crippen LogP contribution in [0.1, 0.15) is 28.1 Å². The van der Waals surface area contributed by atoms with Crippen LogP contribution in [0.15, 0.2) is 40.6 Å². The van der Waals surface area contributed by atoms with E-state index in [1.807, 2.05) is 5.38 Å². The van der Waals surface area contributed by atoms with E-state index in [0.717, 1.165) is 22.2 Å². The summed E-state index contributed by atoms with van der Waals surface area (Å²) in [6.07, 6.45) is 1.80. The minimum Gasteiger partial charge on any atom is -0.454 e. The van der Waals surface area contributed by atoms with Crippen molar-refractivity contribution >= 4 is 52.0 Å². The van der Waals surface area contributed by atoms with Gasteiger partial charge in [-0.2, -0.15) is 0 Å². The average molecular weight is 459 g/mol. The molecule has 2 aliphatic heterocycles. The van der Waals surface area contributed by atoms with Gasteiger partial charge in [0.05, 0.1) is 9.78 Å². The zero-order valence-corrected chi connectivity index (χ0v) is 17.9. The Labute approximate surface area is 186 Å². The molecule has 160 valence electrons. The normalized spacial score (nSPS) is 16.3. The number of hydrogen-bond donors (Lipinski definition) is 1. The lowest BCUT2D eigenvalue weighted by Crippen LogP contribution is -2.37. The van der Waals surface area contributed by atoms with Crippen molar-refractivity contribution in [3.63, 3.8) is 0 Å². The van der Waals surface area contributed by atoms with Crippen molar-refractivity contribution in [2.75, 3.05) is 19.9 Å². The molecule has 2 aromatic rings. The molecule has 1 aromatic carbocycles. The third kappa shape index (κ3) is 4.97. The number of imide groups is 1. The fourth-order valence-electron chi connectivity index (χ4n) is 3.03. The highest BCUT2D eigenvalue weighted by Gasteiger charge is 2.34. The molecular weight excluding hydrogens is 440 g/mol. The molecular formula is C21H18N2O6S2. The molecule has 1 saturated heterocycles. The van der Waals surface area contributed by atoms with Crippen molar-refractivity contribution in [2.24, 2.45) is 0 Å². The number of ketones is 1. The molecule has 0 spiro atoms. The van der Waals surface area contributed by atoms with Crippen LogP contribution in [0, 0.1) is 0 Å². The summed E-state index contributed by atoms with van der Waals surface area (Å²) in [6, 6.07) is 8.78. The van der Waals surface area contributed by atoms with Crippen LogP contribution >= 0.6 is 23.1 Å². The lowest BCUT2D eigenvalue weighted by Gasteiger charge is -2.12. The molecule has 8 nitrogen and oxygen atoms in total. The number of fused-ring (bicyclic) bond motifs is 1. The number of carbonyl (C=O) groups is 4. The third-order valence-electron chi connectivity index (χ3n) is 4.60. The number of carbonyl (C=O) groups excluding carboxylic acids is 4. The Morgan fingerprint density at radius 3 is 2.77 bits per heavy atom. The van der Waals surface area contributed by atoms with Crippen molar-refractivity contribution < 1.29 is 28.7 Å². The number of thiophene rings is 1. The van der Waals surface area contributed by atoms with E-state index >= 15 is 0 Å². The Morgan fingerprint density at radius 2 is 1.97 bits per heavy atom. The first-order valence-corrected chi connectivity index (χ1v) is 11.2. The summed E-state index contributed by atoms with van der Waals surface area (Å²) in [6.45, 7) is 0.346. The van der Waals surface area contributed by atoms with Crippen LogP contribution in [-0.4, -0.2) is 47.6 Å². The highest BCUT2D eigenvalue weighted by Crippen LogP contribution is 2.36. The summed E-state index contributed by atoms with van der Waals surface area (Å²) in [4.78, 5) is 50.7. The molecule has 1 fully saturated rings. The Kier molecular flexibility index (Phi) is 6.38. The second kappa shape index (κ2) is 9.36. The van der Waals surface area contributed by atoms with Crippen LogP contribution in [0.4, 0.5) is 4.79 Å². The van der Waals surface area contributed by atoms with E-state index in [-0.39, 0.29) is 49.7 Å². The molecule has 0 bridgehead atoms. The molecule has 0 unspecified atom stereocenters. The van der Waals surface area contributed by atoms with Gasteiger partial charge in [-0.1, -0.05) is 12.1 Å². The first kappa shape index (κ1) is 21.1. The predicted molar refractivity (Wildman–Crippen MR) is 116 cm³/mol. The summed E-state index contributed by atoms with van der Waals surface area (Å²) in [5.74, 6) is 0.443. The van der Waals surface area contributed by atoms with Crippen molar-refractivity contribution in [2.45, 2.75) is 12.8 Å². The van der Waals surface area contributed by atoms with Gasteiger partial charge < -0.3 is 14.8 Å². The first-order valence-electron chi connectivity index (χ1n) is 9.49. The summed E-state index contributed by atoms with van der Waals surface area (Å²) >= 11 is 2.19.